The monoisotopic (exact) mass is 805 g/mol. The number of hydrogen-bond acceptors (Lipinski definition) is 2. The van der Waals surface area contributed by atoms with Crippen molar-refractivity contribution >= 4 is 80.9 Å². The lowest BCUT2D eigenvalue weighted by Gasteiger charge is -2.28. The van der Waals surface area contributed by atoms with Gasteiger partial charge >= 0.3 is 0 Å². The third-order valence-corrected chi connectivity index (χ3v) is 13.6. The maximum atomic E-state index is 2.44. The summed E-state index contributed by atoms with van der Waals surface area (Å²) in [5.41, 5.74) is 13.1. The van der Waals surface area contributed by atoms with Crippen molar-refractivity contribution < 1.29 is 0 Å². The molecule has 0 amide bonds. The first-order valence-electron chi connectivity index (χ1n) is 21.3. The van der Waals surface area contributed by atoms with Crippen molar-refractivity contribution in [2.24, 2.45) is 0 Å². The van der Waals surface area contributed by atoms with Gasteiger partial charge in [-0.05, 0) is 114 Å². The van der Waals surface area contributed by atoms with Crippen LogP contribution in [0.3, 0.4) is 0 Å². The molecule has 0 N–H and O–H groups in total. The molecule has 0 aliphatic heterocycles. The molecule has 0 aliphatic rings. The van der Waals surface area contributed by atoms with Crippen LogP contribution in [0, 0.1) is 0 Å². The zero-order chi connectivity index (χ0) is 41.0. The molecule has 11 aromatic carbocycles. The molecule has 0 saturated heterocycles. The predicted octanol–water partition coefficient (Wildman–Crippen LogP) is 17.7. The van der Waals surface area contributed by atoms with E-state index in [0.29, 0.717) is 0 Å². The zero-order valence-corrected chi connectivity index (χ0v) is 34.7. The van der Waals surface area contributed by atoms with E-state index in [1.54, 1.807) is 0 Å². The molecule has 0 spiro atoms. The Morgan fingerprint density at radius 2 is 0.806 bits per heavy atom. The minimum atomic E-state index is 1.10. The summed E-state index contributed by atoms with van der Waals surface area (Å²) >= 11 is 1.88. The van der Waals surface area contributed by atoms with Crippen molar-refractivity contribution in [2.45, 2.75) is 0 Å². The van der Waals surface area contributed by atoms with Gasteiger partial charge in [0.05, 0.1) is 5.69 Å². The molecular formula is C60H39NS. The summed E-state index contributed by atoms with van der Waals surface area (Å²) in [6, 6.07) is 86.7. The highest BCUT2D eigenvalue weighted by molar-refractivity contribution is 7.26. The average molecular weight is 806 g/mol. The molecule has 0 atom stereocenters. The summed E-state index contributed by atoms with van der Waals surface area (Å²) in [4.78, 5) is 2.44. The first-order chi connectivity index (χ1) is 30.8. The van der Waals surface area contributed by atoms with Crippen molar-refractivity contribution in [1.82, 2.24) is 0 Å². The van der Waals surface area contributed by atoms with Crippen LogP contribution < -0.4 is 4.90 Å². The van der Waals surface area contributed by atoms with Gasteiger partial charge in [-0.3, -0.25) is 0 Å². The molecule has 290 valence electrons. The van der Waals surface area contributed by atoms with Crippen LogP contribution >= 0.6 is 11.3 Å². The van der Waals surface area contributed by atoms with Crippen molar-refractivity contribution in [3.05, 3.63) is 237 Å². The summed E-state index contributed by atoms with van der Waals surface area (Å²) in [5.74, 6) is 0. The summed E-state index contributed by atoms with van der Waals surface area (Å²) in [7, 11) is 0. The van der Waals surface area contributed by atoms with Gasteiger partial charge in [0, 0.05) is 36.9 Å². The largest absolute Gasteiger partial charge is 0.310 e. The molecule has 62 heavy (non-hydrogen) atoms. The van der Waals surface area contributed by atoms with Crippen LogP contribution in [0.1, 0.15) is 0 Å². The summed E-state index contributed by atoms with van der Waals surface area (Å²) < 4.78 is 2.63. The second kappa shape index (κ2) is 15.0. The summed E-state index contributed by atoms with van der Waals surface area (Å²) in [5, 5.41) is 10.0. The molecular weight excluding hydrogens is 767 g/mol. The molecule has 12 rings (SSSR count). The fourth-order valence-electron chi connectivity index (χ4n) is 9.62. The number of anilines is 3. The fourth-order valence-corrected chi connectivity index (χ4v) is 10.9. The second-order valence-electron chi connectivity index (χ2n) is 16.0. The van der Waals surface area contributed by atoms with Gasteiger partial charge in [0.25, 0.3) is 0 Å². The van der Waals surface area contributed by atoms with E-state index in [0.717, 1.165) is 22.6 Å². The van der Waals surface area contributed by atoms with Gasteiger partial charge in [-0.1, -0.05) is 194 Å². The quantitative estimate of drug-likeness (QED) is 0.145. The number of hydrogen-bond donors (Lipinski definition) is 0. The Hall–Kier alpha value is -7.78. The van der Waals surface area contributed by atoms with Gasteiger partial charge in [0.15, 0.2) is 0 Å². The van der Waals surface area contributed by atoms with Crippen LogP contribution in [0.2, 0.25) is 0 Å². The Morgan fingerprint density at radius 1 is 0.290 bits per heavy atom. The van der Waals surface area contributed by atoms with Crippen LogP contribution in [-0.4, -0.2) is 0 Å². The molecule has 0 saturated carbocycles. The van der Waals surface area contributed by atoms with E-state index >= 15 is 0 Å². The van der Waals surface area contributed by atoms with Crippen molar-refractivity contribution in [3.63, 3.8) is 0 Å². The van der Waals surface area contributed by atoms with Crippen LogP contribution in [0.15, 0.2) is 237 Å². The normalized spacial score (nSPS) is 11.5. The molecule has 1 nitrogen and oxygen atoms in total. The van der Waals surface area contributed by atoms with Crippen molar-refractivity contribution in [1.29, 1.82) is 0 Å². The lowest BCUT2D eigenvalue weighted by molar-refractivity contribution is 1.30. The van der Waals surface area contributed by atoms with Crippen molar-refractivity contribution in [3.8, 4) is 44.5 Å². The topological polar surface area (TPSA) is 3.24 Å². The fraction of sp³-hybridized carbons (Fsp3) is 0. The highest BCUT2D eigenvalue weighted by Gasteiger charge is 2.21. The summed E-state index contributed by atoms with van der Waals surface area (Å²) in [6.45, 7) is 0. The van der Waals surface area contributed by atoms with Crippen LogP contribution in [0.5, 0.6) is 0 Å². The number of nitrogens with zero attached hydrogens (tertiary/aromatic N) is 1. The zero-order valence-electron chi connectivity index (χ0n) is 33.9. The SMILES string of the molecule is c1ccc(-c2c(-c3ccccc3)c3cc(-c4cccc(N(c5cccc(-c6cccc7c6sc6ccccc67)c5)c5cccc6ccccc56)c4)ccc3c3ccccc23)cc1. The molecule has 0 bridgehead atoms. The van der Waals surface area contributed by atoms with Crippen LogP contribution in [-0.2, 0) is 0 Å². The minimum Gasteiger partial charge on any atom is -0.310 e. The van der Waals surface area contributed by atoms with E-state index in [2.05, 4.69) is 241 Å². The van der Waals surface area contributed by atoms with Gasteiger partial charge in [-0.15, -0.1) is 11.3 Å². The third-order valence-electron chi connectivity index (χ3n) is 12.4. The highest BCUT2D eigenvalue weighted by atomic mass is 32.1. The maximum absolute atomic E-state index is 2.44. The smallest absolute Gasteiger partial charge is 0.0540 e. The third kappa shape index (κ3) is 6.07. The first-order valence-corrected chi connectivity index (χ1v) is 22.1. The summed E-state index contributed by atoms with van der Waals surface area (Å²) in [6.07, 6.45) is 0. The van der Waals surface area contributed by atoms with Crippen LogP contribution in [0.25, 0.3) is 97.0 Å². The minimum absolute atomic E-state index is 1.10. The van der Waals surface area contributed by atoms with E-state index in [1.807, 2.05) is 11.3 Å². The first kappa shape index (κ1) is 36.1. The Balaban J connectivity index is 1.06. The molecule has 12 aromatic rings. The second-order valence-corrected chi connectivity index (χ2v) is 17.1. The van der Waals surface area contributed by atoms with Crippen molar-refractivity contribution in [2.75, 3.05) is 4.90 Å². The predicted molar refractivity (Wildman–Crippen MR) is 268 cm³/mol. The molecule has 1 heterocycles. The maximum Gasteiger partial charge on any atom is 0.0540 e. The number of rotatable bonds is 7. The Kier molecular flexibility index (Phi) is 8.76. The molecule has 0 radical (unpaired) electrons. The molecule has 2 heteroatoms. The Bertz CT molecular complexity index is 3630. The van der Waals surface area contributed by atoms with Gasteiger partial charge < -0.3 is 4.90 Å². The van der Waals surface area contributed by atoms with Gasteiger partial charge in [0.2, 0.25) is 0 Å². The number of benzene rings is 11. The number of thiophene rings is 1. The van der Waals surface area contributed by atoms with E-state index in [1.165, 1.54) is 91.4 Å². The lowest BCUT2D eigenvalue weighted by atomic mass is 9.84. The van der Waals surface area contributed by atoms with E-state index in [-0.39, 0.29) is 0 Å². The Labute approximate surface area is 365 Å². The lowest BCUT2D eigenvalue weighted by Crippen LogP contribution is -2.10. The van der Waals surface area contributed by atoms with Crippen LogP contribution in [0.4, 0.5) is 17.1 Å². The number of fused-ring (bicyclic) bond motifs is 7. The van der Waals surface area contributed by atoms with E-state index in [4.69, 9.17) is 0 Å². The molecule has 0 unspecified atom stereocenters. The van der Waals surface area contributed by atoms with Gasteiger partial charge in [0.1, 0.15) is 0 Å². The molecule has 0 fully saturated rings. The highest BCUT2D eigenvalue weighted by Crippen LogP contribution is 2.47. The van der Waals surface area contributed by atoms with E-state index < -0.39 is 0 Å². The molecule has 0 aliphatic carbocycles. The van der Waals surface area contributed by atoms with E-state index in [9.17, 15) is 0 Å². The molecule has 1 aromatic heterocycles. The van der Waals surface area contributed by atoms with Gasteiger partial charge in [-0.2, -0.15) is 0 Å². The van der Waals surface area contributed by atoms with Gasteiger partial charge in [-0.25, -0.2) is 0 Å². The standard InChI is InChI=1S/C60H39NS/c1-3-18-41(19-4-1)58-53-30-10-9-28-50(53)51-36-35-44(39-55(51)59(58)42-20-5-2-6-21-42)43-23-13-25-46(37-43)61(56-33-15-22-40-17-7-8-27-48(40)56)47-26-14-24-45(38-47)49-31-16-32-54-52-29-11-12-34-57(52)62-60(49)54/h1-39H. The average Bonchev–Trinajstić information content (AvgIpc) is 3.73. The Morgan fingerprint density at radius 3 is 1.58 bits per heavy atom.